The predicted octanol–water partition coefficient (Wildman–Crippen LogP) is 3.15. The highest BCUT2D eigenvalue weighted by Crippen LogP contribution is 2.26. The van der Waals surface area contributed by atoms with Crippen LogP contribution in [0.4, 0.5) is 0 Å². The van der Waals surface area contributed by atoms with Crippen molar-refractivity contribution in [2.24, 2.45) is 0 Å². The van der Waals surface area contributed by atoms with Crippen LogP contribution in [0, 0.1) is 0 Å². The first-order valence-corrected chi connectivity index (χ1v) is 7.53. The second kappa shape index (κ2) is 7.96. The quantitative estimate of drug-likeness (QED) is 0.758. The van der Waals surface area contributed by atoms with Gasteiger partial charge in [0.25, 0.3) is 0 Å². The van der Waals surface area contributed by atoms with Crippen molar-refractivity contribution in [3.8, 4) is 5.88 Å². The van der Waals surface area contributed by atoms with E-state index in [1.54, 1.807) is 0 Å². The van der Waals surface area contributed by atoms with Crippen molar-refractivity contribution < 1.29 is 9.47 Å². The van der Waals surface area contributed by atoms with Gasteiger partial charge in [-0.25, -0.2) is 4.98 Å². The Morgan fingerprint density at radius 3 is 2.62 bits per heavy atom. The summed E-state index contributed by atoms with van der Waals surface area (Å²) < 4.78 is 11.0. The number of rotatable bonds is 8. The van der Waals surface area contributed by atoms with Gasteiger partial charge in [0.1, 0.15) is 6.61 Å². The van der Waals surface area contributed by atoms with E-state index in [9.17, 15) is 0 Å². The van der Waals surface area contributed by atoms with Gasteiger partial charge in [0.15, 0.2) is 0 Å². The Morgan fingerprint density at radius 2 is 1.90 bits per heavy atom. The summed E-state index contributed by atoms with van der Waals surface area (Å²) >= 11 is 0. The van der Waals surface area contributed by atoms with E-state index in [2.05, 4.69) is 36.3 Å². The highest BCUT2D eigenvalue weighted by Gasteiger charge is 2.08. The van der Waals surface area contributed by atoms with Crippen LogP contribution in [0.5, 0.6) is 5.88 Å². The normalized spacial score (nSPS) is 11.2. The second-order valence-electron chi connectivity index (χ2n) is 5.22. The molecular weight excluding hydrogens is 264 g/mol. The Kier molecular flexibility index (Phi) is 5.96. The lowest BCUT2D eigenvalue weighted by Gasteiger charge is -2.13. The summed E-state index contributed by atoms with van der Waals surface area (Å²) in [5.74, 6) is 0.679. The summed E-state index contributed by atoms with van der Waals surface area (Å²) in [7, 11) is 0. The number of hydrogen-bond donors (Lipinski definition) is 1. The van der Waals surface area contributed by atoms with E-state index in [0.717, 1.165) is 11.9 Å². The molecule has 0 aliphatic heterocycles. The van der Waals surface area contributed by atoms with Gasteiger partial charge in [-0.15, -0.1) is 0 Å². The molecule has 0 spiro atoms. The van der Waals surface area contributed by atoms with Gasteiger partial charge in [-0.1, -0.05) is 32.0 Å². The largest absolute Gasteiger partial charge is 0.475 e. The fraction of sp³-hybridized carbons (Fsp3) is 0.471. The number of fused-ring (bicyclic) bond motifs is 1. The second-order valence-corrected chi connectivity index (χ2v) is 5.22. The smallest absolute Gasteiger partial charge is 0.221 e. The van der Waals surface area contributed by atoms with Gasteiger partial charge in [0, 0.05) is 30.8 Å². The van der Waals surface area contributed by atoms with Crippen LogP contribution >= 0.6 is 0 Å². The number of nitrogens with zero attached hydrogens (tertiary/aromatic N) is 1. The van der Waals surface area contributed by atoms with E-state index >= 15 is 0 Å². The third-order valence-electron chi connectivity index (χ3n) is 3.21. The average Bonchev–Trinajstić information content (AvgIpc) is 2.50. The molecule has 4 heteroatoms. The van der Waals surface area contributed by atoms with Crippen LogP contribution < -0.4 is 10.1 Å². The molecular formula is C17H24N2O2. The molecule has 1 aromatic carbocycles. The molecule has 1 aromatic heterocycles. The molecule has 0 saturated heterocycles. The molecule has 0 aliphatic carbocycles. The maximum Gasteiger partial charge on any atom is 0.221 e. The number of nitrogens with one attached hydrogen (secondary N) is 1. The van der Waals surface area contributed by atoms with Crippen LogP contribution in [0.1, 0.15) is 26.3 Å². The molecule has 2 aromatic rings. The van der Waals surface area contributed by atoms with Crippen LogP contribution in [-0.4, -0.2) is 30.8 Å². The molecule has 2 rings (SSSR count). The van der Waals surface area contributed by atoms with Crippen LogP contribution in [0.15, 0.2) is 30.5 Å². The molecule has 0 fully saturated rings. The first-order valence-electron chi connectivity index (χ1n) is 7.53. The molecule has 0 saturated carbocycles. The Balaban J connectivity index is 2.18. The fourth-order valence-corrected chi connectivity index (χ4v) is 2.14. The van der Waals surface area contributed by atoms with Crippen molar-refractivity contribution in [2.45, 2.75) is 33.4 Å². The van der Waals surface area contributed by atoms with Gasteiger partial charge in [-0.05, 0) is 23.9 Å². The Labute approximate surface area is 126 Å². The maximum atomic E-state index is 5.75. The monoisotopic (exact) mass is 288 g/mol. The summed E-state index contributed by atoms with van der Waals surface area (Å²) in [5.41, 5.74) is 1.19. The first kappa shape index (κ1) is 15.7. The van der Waals surface area contributed by atoms with E-state index < -0.39 is 0 Å². The first-order chi connectivity index (χ1) is 10.2. The molecule has 0 radical (unpaired) electrons. The zero-order valence-corrected chi connectivity index (χ0v) is 13.1. The minimum absolute atomic E-state index is 0.450. The van der Waals surface area contributed by atoms with Gasteiger partial charge in [-0.2, -0.15) is 0 Å². The number of hydrogen-bond acceptors (Lipinski definition) is 4. The van der Waals surface area contributed by atoms with Gasteiger partial charge in [0.2, 0.25) is 5.88 Å². The van der Waals surface area contributed by atoms with Crippen LogP contribution in [0.2, 0.25) is 0 Å². The van der Waals surface area contributed by atoms with Gasteiger partial charge in [0.05, 0.1) is 6.61 Å². The Bertz CT molecular complexity index is 570. The number of ether oxygens (including phenoxy) is 2. The topological polar surface area (TPSA) is 43.4 Å². The van der Waals surface area contributed by atoms with Gasteiger partial charge in [-0.3, -0.25) is 0 Å². The highest BCUT2D eigenvalue weighted by atomic mass is 16.5. The molecule has 4 nitrogen and oxygen atoms in total. The summed E-state index contributed by atoms with van der Waals surface area (Å²) in [6.07, 6.45) is 1.90. The van der Waals surface area contributed by atoms with Crippen LogP contribution in [-0.2, 0) is 11.3 Å². The van der Waals surface area contributed by atoms with Crippen molar-refractivity contribution in [1.29, 1.82) is 0 Å². The van der Waals surface area contributed by atoms with Crippen LogP contribution in [0.3, 0.4) is 0 Å². The lowest BCUT2D eigenvalue weighted by molar-refractivity contribution is 0.109. The molecule has 0 aliphatic rings. The summed E-state index contributed by atoms with van der Waals surface area (Å²) in [5, 5.41) is 5.67. The van der Waals surface area contributed by atoms with E-state index in [1.165, 1.54) is 10.9 Å². The standard InChI is InChI=1S/C17H24N2O2/c1-4-20-9-10-21-17-16-8-6-5-7-15(16)14(12-19-17)11-18-13(2)3/h5-8,12-13,18H,4,9-11H2,1-3H3. The minimum Gasteiger partial charge on any atom is -0.475 e. The van der Waals surface area contributed by atoms with Crippen molar-refractivity contribution >= 4 is 10.8 Å². The molecule has 114 valence electrons. The molecule has 0 unspecified atom stereocenters. The van der Waals surface area contributed by atoms with Gasteiger partial charge >= 0.3 is 0 Å². The SMILES string of the molecule is CCOCCOc1ncc(CNC(C)C)c2ccccc12. The van der Waals surface area contributed by atoms with E-state index in [1.807, 2.05) is 25.3 Å². The zero-order chi connectivity index (χ0) is 15.1. The van der Waals surface area contributed by atoms with Crippen molar-refractivity contribution in [2.75, 3.05) is 19.8 Å². The molecule has 0 bridgehead atoms. The third kappa shape index (κ3) is 4.41. The van der Waals surface area contributed by atoms with E-state index in [0.29, 0.717) is 31.7 Å². The number of benzene rings is 1. The maximum absolute atomic E-state index is 5.75. The minimum atomic E-state index is 0.450. The van der Waals surface area contributed by atoms with Gasteiger partial charge < -0.3 is 14.8 Å². The highest BCUT2D eigenvalue weighted by molar-refractivity contribution is 5.89. The van der Waals surface area contributed by atoms with Crippen LogP contribution in [0.25, 0.3) is 10.8 Å². The van der Waals surface area contributed by atoms with Crippen molar-refractivity contribution in [1.82, 2.24) is 10.3 Å². The lowest BCUT2D eigenvalue weighted by Crippen LogP contribution is -2.22. The summed E-state index contributed by atoms with van der Waals surface area (Å²) in [6.45, 7) is 8.88. The number of aromatic nitrogens is 1. The zero-order valence-electron chi connectivity index (χ0n) is 13.1. The molecule has 1 heterocycles. The van der Waals surface area contributed by atoms with Crippen molar-refractivity contribution in [3.63, 3.8) is 0 Å². The Morgan fingerprint density at radius 1 is 1.14 bits per heavy atom. The molecule has 0 atom stereocenters. The summed E-state index contributed by atoms with van der Waals surface area (Å²) in [6, 6.07) is 8.68. The number of pyridine rings is 1. The predicted molar refractivity (Wildman–Crippen MR) is 85.7 cm³/mol. The fourth-order valence-electron chi connectivity index (χ4n) is 2.14. The van der Waals surface area contributed by atoms with E-state index in [4.69, 9.17) is 9.47 Å². The van der Waals surface area contributed by atoms with Crippen molar-refractivity contribution in [3.05, 3.63) is 36.0 Å². The average molecular weight is 288 g/mol. The third-order valence-corrected chi connectivity index (χ3v) is 3.21. The summed E-state index contributed by atoms with van der Waals surface area (Å²) in [4.78, 5) is 4.46. The molecule has 0 amide bonds. The molecule has 21 heavy (non-hydrogen) atoms. The lowest BCUT2D eigenvalue weighted by atomic mass is 10.1. The molecule has 1 N–H and O–H groups in total. The van der Waals surface area contributed by atoms with E-state index in [-0.39, 0.29) is 0 Å². The Hall–Kier alpha value is -1.65.